The zero-order chi connectivity index (χ0) is 11.4. The van der Waals surface area contributed by atoms with Crippen LogP contribution in [0.5, 0.6) is 0 Å². The van der Waals surface area contributed by atoms with Crippen LogP contribution < -0.4 is 16.0 Å². The molecule has 4 N–H and O–H groups in total. The van der Waals surface area contributed by atoms with Crippen LogP contribution in [0.3, 0.4) is 0 Å². The molecule has 0 aromatic heterocycles. The van der Waals surface area contributed by atoms with E-state index in [9.17, 15) is 0 Å². The molecule has 0 spiro atoms. The highest BCUT2D eigenvalue weighted by atomic mass is 16.3. The molecule has 0 fully saturated rings. The van der Waals surface area contributed by atoms with Gasteiger partial charge in [0.25, 0.3) is 0 Å². The monoisotopic (exact) mass is 218 g/mol. The number of nitrogens with one attached hydrogen (secondary N) is 3. The normalized spacial score (nSPS) is 11.2. The smallest absolute Gasteiger partial charge is 0.0931 e. The lowest BCUT2D eigenvalue weighted by Crippen LogP contribution is -2.33. The first-order valence-corrected chi connectivity index (χ1v) is 5.65. The quantitative estimate of drug-likeness (QED) is 0.255. The van der Waals surface area contributed by atoms with Crippen LogP contribution in [0.25, 0.3) is 0 Å². The van der Waals surface area contributed by atoms with Gasteiger partial charge in [-0.2, -0.15) is 0 Å². The second kappa shape index (κ2) is 11.9. The van der Waals surface area contributed by atoms with E-state index in [0.717, 1.165) is 45.7 Å². The molecule has 0 amide bonds. The number of hydrogen-bond acceptors (Lipinski definition) is 5. The Morgan fingerprint density at radius 3 is 2.07 bits per heavy atom. The van der Waals surface area contributed by atoms with E-state index in [1.807, 2.05) is 0 Å². The number of aliphatic hydroxyl groups excluding tert-OH is 1. The Morgan fingerprint density at radius 1 is 0.867 bits per heavy atom. The number of rotatable bonds is 11. The average molecular weight is 218 g/mol. The van der Waals surface area contributed by atoms with Gasteiger partial charge in [0.05, 0.1) is 6.73 Å². The lowest BCUT2D eigenvalue weighted by molar-refractivity contribution is 0.260. The van der Waals surface area contributed by atoms with Crippen LogP contribution in [0.4, 0.5) is 0 Å². The molecule has 0 aromatic carbocycles. The summed E-state index contributed by atoms with van der Waals surface area (Å²) in [6.45, 7) is 6.10. The van der Waals surface area contributed by atoms with Gasteiger partial charge in [-0.15, -0.1) is 0 Å². The molecule has 5 heteroatoms. The van der Waals surface area contributed by atoms with Crippen molar-refractivity contribution in [2.75, 3.05) is 60.1 Å². The maximum Gasteiger partial charge on any atom is 0.0931 e. The minimum absolute atomic E-state index is 0.0755. The summed E-state index contributed by atoms with van der Waals surface area (Å²) in [5, 5.41) is 18.0. The molecule has 0 aliphatic heterocycles. The molecular formula is C10H26N4O. The third-order valence-corrected chi connectivity index (χ3v) is 2.03. The van der Waals surface area contributed by atoms with E-state index in [2.05, 4.69) is 34.9 Å². The summed E-state index contributed by atoms with van der Waals surface area (Å²) < 4.78 is 0. The van der Waals surface area contributed by atoms with Crippen molar-refractivity contribution in [2.45, 2.75) is 6.42 Å². The second-order valence-electron chi connectivity index (χ2n) is 3.81. The maximum absolute atomic E-state index is 8.47. The van der Waals surface area contributed by atoms with E-state index in [-0.39, 0.29) is 6.73 Å². The Bertz CT molecular complexity index is 122. The van der Waals surface area contributed by atoms with E-state index in [1.165, 1.54) is 0 Å². The molecule has 15 heavy (non-hydrogen) atoms. The summed E-state index contributed by atoms with van der Waals surface area (Å²) in [5.41, 5.74) is 0. The van der Waals surface area contributed by atoms with Crippen molar-refractivity contribution in [3.63, 3.8) is 0 Å². The Labute approximate surface area is 93.2 Å². The average Bonchev–Trinajstić information content (AvgIpc) is 2.20. The van der Waals surface area contributed by atoms with Gasteiger partial charge in [-0.25, -0.2) is 0 Å². The van der Waals surface area contributed by atoms with Crippen LogP contribution in [0.2, 0.25) is 0 Å². The van der Waals surface area contributed by atoms with Gasteiger partial charge < -0.3 is 20.6 Å². The topological polar surface area (TPSA) is 59.6 Å². The molecule has 0 atom stereocenters. The van der Waals surface area contributed by atoms with E-state index in [0.29, 0.717) is 0 Å². The number of hydrogen-bond donors (Lipinski definition) is 4. The number of nitrogens with zero attached hydrogens (tertiary/aromatic N) is 1. The predicted octanol–water partition coefficient (Wildman–Crippen LogP) is -1.34. The molecule has 0 saturated carbocycles. The molecule has 0 aliphatic carbocycles. The van der Waals surface area contributed by atoms with Crippen LogP contribution in [-0.4, -0.2) is 70.1 Å². The van der Waals surface area contributed by atoms with Gasteiger partial charge in [-0.05, 0) is 33.6 Å². The largest absolute Gasteiger partial charge is 0.381 e. The highest BCUT2D eigenvalue weighted by molar-refractivity contribution is 4.54. The molecule has 0 bridgehead atoms. The van der Waals surface area contributed by atoms with Gasteiger partial charge in [0, 0.05) is 26.2 Å². The van der Waals surface area contributed by atoms with E-state index in [1.54, 1.807) is 0 Å². The van der Waals surface area contributed by atoms with Crippen molar-refractivity contribution in [1.29, 1.82) is 0 Å². The van der Waals surface area contributed by atoms with Crippen LogP contribution in [0, 0.1) is 0 Å². The highest BCUT2D eigenvalue weighted by Gasteiger charge is 1.90. The fourth-order valence-corrected chi connectivity index (χ4v) is 1.15. The summed E-state index contributed by atoms with van der Waals surface area (Å²) in [5.74, 6) is 0. The van der Waals surface area contributed by atoms with Crippen molar-refractivity contribution in [1.82, 2.24) is 20.9 Å². The van der Waals surface area contributed by atoms with Crippen molar-refractivity contribution >= 4 is 0 Å². The van der Waals surface area contributed by atoms with Crippen LogP contribution in [0.15, 0.2) is 0 Å². The summed E-state index contributed by atoms with van der Waals surface area (Å²) in [7, 11) is 4.15. The molecule has 0 unspecified atom stereocenters. The zero-order valence-electron chi connectivity index (χ0n) is 10.1. The molecule has 5 nitrogen and oxygen atoms in total. The van der Waals surface area contributed by atoms with Crippen LogP contribution in [0.1, 0.15) is 6.42 Å². The maximum atomic E-state index is 8.47. The second-order valence-corrected chi connectivity index (χ2v) is 3.81. The number of aliphatic hydroxyl groups is 1. The molecule has 0 aromatic rings. The van der Waals surface area contributed by atoms with Crippen molar-refractivity contribution in [2.24, 2.45) is 0 Å². The van der Waals surface area contributed by atoms with E-state index in [4.69, 9.17) is 5.11 Å². The van der Waals surface area contributed by atoms with E-state index >= 15 is 0 Å². The first-order valence-electron chi connectivity index (χ1n) is 5.65. The molecule has 0 radical (unpaired) electrons. The molecule has 0 saturated heterocycles. The first kappa shape index (κ1) is 14.8. The summed E-state index contributed by atoms with van der Waals surface area (Å²) >= 11 is 0. The molecule has 0 rings (SSSR count). The van der Waals surface area contributed by atoms with Gasteiger partial charge in [-0.3, -0.25) is 5.32 Å². The zero-order valence-corrected chi connectivity index (χ0v) is 10.1. The Morgan fingerprint density at radius 2 is 1.47 bits per heavy atom. The fourth-order valence-electron chi connectivity index (χ4n) is 1.15. The minimum Gasteiger partial charge on any atom is -0.381 e. The van der Waals surface area contributed by atoms with Gasteiger partial charge >= 0.3 is 0 Å². The summed E-state index contributed by atoms with van der Waals surface area (Å²) in [6, 6.07) is 0. The first-order chi connectivity index (χ1) is 7.27. The third-order valence-electron chi connectivity index (χ3n) is 2.03. The Kier molecular flexibility index (Phi) is 11.7. The van der Waals surface area contributed by atoms with Crippen molar-refractivity contribution in [3.8, 4) is 0 Å². The standard InChI is InChI=1S/C10H26N4O/c1-14(2)9-8-12-7-6-11-4-3-5-13-10-15/h11-13,15H,3-10H2,1-2H3. The summed E-state index contributed by atoms with van der Waals surface area (Å²) in [6.07, 6.45) is 1.05. The third kappa shape index (κ3) is 13.8. The molecule has 0 aliphatic rings. The van der Waals surface area contributed by atoms with Gasteiger partial charge in [-0.1, -0.05) is 0 Å². The van der Waals surface area contributed by atoms with Gasteiger partial charge in [0.1, 0.15) is 0 Å². The van der Waals surface area contributed by atoms with Crippen molar-refractivity contribution in [3.05, 3.63) is 0 Å². The van der Waals surface area contributed by atoms with E-state index < -0.39 is 0 Å². The molecule has 0 heterocycles. The Hall–Kier alpha value is -0.200. The summed E-state index contributed by atoms with van der Waals surface area (Å²) in [4.78, 5) is 2.17. The highest BCUT2D eigenvalue weighted by Crippen LogP contribution is 1.72. The Balaban J connectivity index is 2.87. The lowest BCUT2D eigenvalue weighted by Gasteiger charge is -2.10. The van der Waals surface area contributed by atoms with Gasteiger partial charge in [0.2, 0.25) is 0 Å². The molecule has 92 valence electrons. The lowest BCUT2D eigenvalue weighted by atomic mass is 10.4. The molecular weight excluding hydrogens is 192 g/mol. The van der Waals surface area contributed by atoms with Crippen LogP contribution >= 0.6 is 0 Å². The number of likely N-dealkylation sites (N-methyl/N-ethyl adjacent to an activating group) is 1. The fraction of sp³-hybridized carbons (Fsp3) is 1.00. The SMILES string of the molecule is CN(C)CCNCCNCCCNCO. The minimum atomic E-state index is 0.0755. The van der Waals surface area contributed by atoms with Crippen molar-refractivity contribution < 1.29 is 5.11 Å². The predicted molar refractivity (Wildman–Crippen MR) is 64.0 cm³/mol. The van der Waals surface area contributed by atoms with Crippen LogP contribution in [-0.2, 0) is 0 Å². The van der Waals surface area contributed by atoms with Gasteiger partial charge in [0.15, 0.2) is 0 Å².